The molecule has 0 aromatic heterocycles. The largest absolute Gasteiger partial charge is 0.497 e. The van der Waals surface area contributed by atoms with Gasteiger partial charge in [0, 0.05) is 45.9 Å². The van der Waals surface area contributed by atoms with Crippen LogP contribution in [0.25, 0.3) is 0 Å². The van der Waals surface area contributed by atoms with Gasteiger partial charge in [-0.3, -0.25) is 9.89 Å². The van der Waals surface area contributed by atoms with Gasteiger partial charge in [-0.2, -0.15) is 0 Å². The van der Waals surface area contributed by atoms with E-state index in [4.69, 9.17) is 14.5 Å². The first kappa shape index (κ1) is 23.9. The number of benzene rings is 1. The minimum atomic E-state index is 0.402. The van der Waals surface area contributed by atoms with Gasteiger partial charge in [0.15, 0.2) is 5.96 Å². The van der Waals surface area contributed by atoms with Crippen molar-refractivity contribution < 1.29 is 9.47 Å². The molecule has 0 bridgehead atoms. The maximum absolute atomic E-state index is 5.51. The minimum absolute atomic E-state index is 0.402. The van der Waals surface area contributed by atoms with Crippen LogP contribution in [0.5, 0.6) is 5.75 Å². The summed E-state index contributed by atoms with van der Waals surface area (Å²) in [7, 11) is 6.14. The zero-order chi connectivity index (χ0) is 22.1. The van der Waals surface area contributed by atoms with Crippen LogP contribution in [0.4, 0.5) is 0 Å². The summed E-state index contributed by atoms with van der Waals surface area (Å²) in [6, 6.07) is 8.98. The van der Waals surface area contributed by atoms with Crippen molar-refractivity contribution in [1.82, 2.24) is 15.1 Å². The van der Waals surface area contributed by atoms with Crippen LogP contribution >= 0.6 is 0 Å². The quantitative estimate of drug-likeness (QED) is 0.502. The molecule has 2 fully saturated rings. The number of hydrogen-bond donors (Lipinski definition) is 1. The van der Waals surface area contributed by atoms with Gasteiger partial charge in [0.1, 0.15) is 5.75 Å². The Bertz CT molecular complexity index is 673. The standard InChI is InChI=1S/C25H42N4O2/c1-5-26-25(29(3)16-12-20-13-17-31-18-14-20)27-19-22-7-6-15-28(2)24(22)21-8-10-23(30-4)11-9-21/h8-11,20,22,24H,5-7,12-19H2,1-4H3,(H,26,27). The van der Waals surface area contributed by atoms with E-state index < -0.39 is 0 Å². The maximum Gasteiger partial charge on any atom is 0.193 e. The smallest absolute Gasteiger partial charge is 0.193 e. The van der Waals surface area contributed by atoms with Crippen LogP contribution in [0.2, 0.25) is 0 Å². The summed E-state index contributed by atoms with van der Waals surface area (Å²) in [6.07, 6.45) is 6.05. The van der Waals surface area contributed by atoms with Crippen molar-refractivity contribution in [3.05, 3.63) is 29.8 Å². The molecule has 2 unspecified atom stereocenters. The first-order chi connectivity index (χ1) is 15.1. The van der Waals surface area contributed by atoms with Gasteiger partial charge in [-0.15, -0.1) is 0 Å². The van der Waals surface area contributed by atoms with Crippen molar-refractivity contribution in [1.29, 1.82) is 0 Å². The van der Waals surface area contributed by atoms with Gasteiger partial charge >= 0.3 is 0 Å². The van der Waals surface area contributed by atoms with Crippen molar-refractivity contribution in [2.75, 3.05) is 60.6 Å². The number of aliphatic imine (C=N–C) groups is 1. The third-order valence-electron chi connectivity index (χ3n) is 6.85. The average molecular weight is 431 g/mol. The van der Waals surface area contributed by atoms with Crippen molar-refractivity contribution in [2.24, 2.45) is 16.8 Å². The molecule has 0 amide bonds. The monoisotopic (exact) mass is 430 g/mol. The fraction of sp³-hybridized carbons (Fsp3) is 0.720. The highest BCUT2D eigenvalue weighted by atomic mass is 16.5. The summed E-state index contributed by atoms with van der Waals surface area (Å²) < 4.78 is 10.9. The Morgan fingerprint density at radius 2 is 1.97 bits per heavy atom. The van der Waals surface area contributed by atoms with Gasteiger partial charge in [0.25, 0.3) is 0 Å². The maximum atomic E-state index is 5.51. The Morgan fingerprint density at radius 1 is 1.23 bits per heavy atom. The molecule has 2 aliphatic heterocycles. The van der Waals surface area contributed by atoms with E-state index in [1.807, 2.05) is 0 Å². The summed E-state index contributed by atoms with van der Waals surface area (Å²) in [5.74, 6) is 3.25. The topological polar surface area (TPSA) is 49.3 Å². The van der Waals surface area contributed by atoms with E-state index in [2.05, 4.69) is 60.4 Å². The van der Waals surface area contributed by atoms with E-state index in [9.17, 15) is 0 Å². The first-order valence-corrected chi connectivity index (χ1v) is 12.0. The third-order valence-corrected chi connectivity index (χ3v) is 6.85. The number of methoxy groups -OCH3 is 1. The molecule has 2 heterocycles. The van der Waals surface area contributed by atoms with Crippen LogP contribution in [0, 0.1) is 11.8 Å². The summed E-state index contributed by atoms with van der Waals surface area (Å²) in [4.78, 5) is 9.91. The Hall–Kier alpha value is -1.79. The van der Waals surface area contributed by atoms with E-state index >= 15 is 0 Å². The predicted molar refractivity (Wildman–Crippen MR) is 128 cm³/mol. The third kappa shape index (κ3) is 6.84. The molecule has 6 heteroatoms. The molecule has 174 valence electrons. The van der Waals surface area contributed by atoms with Crippen LogP contribution in [-0.2, 0) is 4.74 Å². The van der Waals surface area contributed by atoms with Crippen molar-refractivity contribution in [2.45, 2.75) is 45.1 Å². The molecular formula is C25H42N4O2. The second kappa shape index (κ2) is 12.3. The van der Waals surface area contributed by atoms with E-state index in [1.54, 1.807) is 7.11 Å². The highest BCUT2D eigenvalue weighted by Crippen LogP contribution is 2.36. The molecular weight excluding hydrogens is 388 g/mol. The summed E-state index contributed by atoms with van der Waals surface area (Å²) in [6.45, 7) is 7.92. The van der Waals surface area contributed by atoms with Crippen LogP contribution in [0.15, 0.2) is 29.3 Å². The van der Waals surface area contributed by atoms with Crippen LogP contribution in [0.3, 0.4) is 0 Å². The normalized spacial score (nSPS) is 23.5. The molecule has 1 N–H and O–H groups in total. The van der Waals surface area contributed by atoms with Crippen LogP contribution in [-0.4, -0.2) is 76.4 Å². The van der Waals surface area contributed by atoms with E-state index in [-0.39, 0.29) is 0 Å². The zero-order valence-corrected chi connectivity index (χ0v) is 20.0. The number of guanidine groups is 1. The number of likely N-dealkylation sites (tertiary alicyclic amines) is 1. The Balaban J connectivity index is 1.64. The van der Waals surface area contributed by atoms with E-state index in [1.165, 1.54) is 37.7 Å². The lowest BCUT2D eigenvalue weighted by Crippen LogP contribution is -2.41. The van der Waals surface area contributed by atoms with Crippen molar-refractivity contribution >= 4 is 5.96 Å². The van der Waals surface area contributed by atoms with Gasteiger partial charge in [-0.1, -0.05) is 12.1 Å². The zero-order valence-electron chi connectivity index (χ0n) is 20.0. The molecule has 2 saturated heterocycles. The molecule has 0 saturated carbocycles. The molecule has 6 nitrogen and oxygen atoms in total. The number of nitrogens with one attached hydrogen (secondary N) is 1. The Kier molecular flexibility index (Phi) is 9.47. The highest BCUT2D eigenvalue weighted by molar-refractivity contribution is 5.79. The van der Waals surface area contributed by atoms with E-state index in [0.717, 1.165) is 57.0 Å². The average Bonchev–Trinajstić information content (AvgIpc) is 2.81. The Morgan fingerprint density at radius 3 is 2.65 bits per heavy atom. The van der Waals surface area contributed by atoms with Crippen LogP contribution < -0.4 is 10.1 Å². The summed E-state index contributed by atoms with van der Waals surface area (Å²) in [5, 5.41) is 3.51. The fourth-order valence-electron chi connectivity index (χ4n) is 4.97. The van der Waals surface area contributed by atoms with Crippen molar-refractivity contribution in [3.8, 4) is 5.75 Å². The number of ether oxygens (including phenoxy) is 2. The molecule has 2 atom stereocenters. The lowest BCUT2D eigenvalue weighted by atomic mass is 9.85. The van der Waals surface area contributed by atoms with Gasteiger partial charge in [-0.25, -0.2) is 0 Å². The first-order valence-electron chi connectivity index (χ1n) is 12.0. The van der Waals surface area contributed by atoms with Gasteiger partial charge in [-0.05, 0) is 82.2 Å². The van der Waals surface area contributed by atoms with Crippen molar-refractivity contribution in [3.63, 3.8) is 0 Å². The molecule has 0 radical (unpaired) electrons. The number of piperidine rings is 1. The van der Waals surface area contributed by atoms with Gasteiger partial charge < -0.3 is 19.7 Å². The van der Waals surface area contributed by atoms with Crippen LogP contribution in [0.1, 0.15) is 50.6 Å². The minimum Gasteiger partial charge on any atom is -0.497 e. The number of hydrogen-bond acceptors (Lipinski definition) is 4. The molecule has 31 heavy (non-hydrogen) atoms. The molecule has 2 aliphatic rings. The molecule has 0 spiro atoms. The van der Waals surface area contributed by atoms with Gasteiger partial charge in [0.05, 0.1) is 7.11 Å². The second-order valence-corrected chi connectivity index (χ2v) is 9.06. The van der Waals surface area contributed by atoms with E-state index in [0.29, 0.717) is 12.0 Å². The fourth-order valence-corrected chi connectivity index (χ4v) is 4.97. The number of rotatable bonds is 8. The lowest BCUT2D eigenvalue weighted by molar-refractivity contribution is 0.0625. The highest BCUT2D eigenvalue weighted by Gasteiger charge is 2.30. The molecule has 1 aromatic rings. The number of nitrogens with zero attached hydrogens (tertiary/aromatic N) is 3. The molecule has 0 aliphatic carbocycles. The summed E-state index contributed by atoms with van der Waals surface area (Å²) in [5.41, 5.74) is 1.36. The molecule has 3 rings (SSSR count). The molecule has 1 aromatic carbocycles. The predicted octanol–water partition coefficient (Wildman–Crippen LogP) is 3.79. The lowest BCUT2D eigenvalue weighted by Gasteiger charge is -2.39. The summed E-state index contributed by atoms with van der Waals surface area (Å²) >= 11 is 0. The Labute approximate surface area is 189 Å². The van der Waals surface area contributed by atoms with Gasteiger partial charge in [0.2, 0.25) is 0 Å². The second-order valence-electron chi connectivity index (χ2n) is 9.06. The SMILES string of the molecule is CCNC(=NCC1CCCN(C)C1c1ccc(OC)cc1)N(C)CCC1CCOCC1.